The van der Waals surface area contributed by atoms with Gasteiger partial charge >= 0.3 is 0 Å². The Morgan fingerprint density at radius 1 is 1.31 bits per heavy atom. The molecule has 1 fully saturated rings. The van der Waals surface area contributed by atoms with Crippen LogP contribution in [0.3, 0.4) is 0 Å². The first kappa shape index (κ1) is 20.3. The van der Waals surface area contributed by atoms with E-state index in [1.807, 2.05) is 24.3 Å². The van der Waals surface area contributed by atoms with Crippen molar-refractivity contribution in [3.8, 4) is 11.5 Å². The summed E-state index contributed by atoms with van der Waals surface area (Å²) < 4.78 is 10.8. The minimum absolute atomic E-state index is 0. The molecule has 26 heavy (non-hydrogen) atoms. The van der Waals surface area contributed by atoms with E-state index >= 15 is 0 Å². The van der Waals surface area contributed by atoms with Crippen LogP contribution in [-0.4, -0.2) is 36.4 Å². The van der Waals surface area contributed by atoms with Gasteiger partial charge in [0, 0.05) is 17.8 Å². The van der Waals surface area contributed by atoms with E-state index in [1.165, 1.54) is 12.8 Å². The molecule has 1 aromatic carbocycles. The number of aromatic nitrogens is 2. The lowest BCUT2D eigenvalue weighted by atomic mass is 10.1. The fraction of sp³-hybridized carbons (Fsp3) is 0.444. The molecule has 0 radical (unpaired) electrons. The van der Waals surface area contributed by atoms with Crippen molar-refractivity contribution >= 4 is 29.9 Å². The normalized spacial score (nSPS) is 15.0. The third kappa shape index (κ3) is 5.52. The maximum absolute atomic E-state index is 5.49. The molecule has 0 bridgehead atoms. The molecule has 1 aliphatic carbocycles. The molecule has 0 saturated heterocycles. The molecule has 1 atom stereocenters. The molecule has 8 heteroatoms. The van der Waals surface area contributed by atoms with Gasteiger partial charge in [-0.3, -0.25) is 5.10 Å². The number of aromatic amines is 1. The first-order valence-electron chi connectivity index (χ1n) is 8.47. The number of halogens is 1. The number of nitrogens with zero attached hydrogens (tertiary/aromatic N) is 2. The summed E-state index contributed by atoms with van der Waals surface area (Å²) >= 11 is 0. The molecule has 3 rings (SSSR count). The van der Waals surface area contributed by atoms with Gasteiger partial charge in [0.05, 0.1) is 32.5 Å². The van der Waals surface area contributed by atoms with Crippen molar-refractivity contribution in [3.63, 3.8) is 0 Å². The summed E-state index contributed by atoms with van der Waals surface area (Å²) in [6.07, 6.45) is 4.10. The second-order valence-electron chi connectivity index (χ2n) is 6.14. The number of guanidine groups is 1. The zero-order chi connectivity index (χ0) is 17.6. The second kappa shape index (κ2) is 9.65. The Hall–Kier alpha value is -1.97. The van der Waals surface area contributed by atoms with Gasteiger partial charge in [-0.1, -0.05) is 0 Å². The topological polar surface area (TPSA) is 83.6 Å². The van der Waals surface area contributed by atoms with Crippen LogP contribution in [0, 0.1) is 0 Å². The summed E-state index contributed by atoms with van der Waals surface area (Å²) in [7, 11) is 3.34. The summed E-state index contributed by atoms with van der Waals surface area (Å²) in [5.41, 5.74) is 2.00. The van der Waals surface area contributed by atoms with Crippen molar-refractivity contribution in [2.75, 3.05) is 14.2 Å². The van der Waals surface area contributed by atoms with Crippen molar-refractivity contribution in [2.45, 2.75) is 38.4 Å². The van der Waals surface area contributed by atoms with Crippen molar-refractivity contribution in [1.82, 2.24) is 20.8 Å². The summed E-state index contributed by atoms with van der Waals surface area (Å²) in [4.78, 5) is 4.66. The van der Waals surface area contributed by atoms with Gasteiger partial charge in [0.2, 0.25) is 0 Å². The molecule has 1 saturated carbocycles. The molecule has 1 aliphatic rings. The number of ether oxygens (including phenoxy) is 2. The Kier molecular flexibility index (Phi) is 7.55. The summed E-state index contributed by atoms with van der Waals surface area (Å²) in [5, 5.41) is 13.8. The van der Waals surface area contributed by atoms with Crippen LogP contribution >= 0.6 is 24.0 Å². The molecule has 1 heterocycles. The maximum atomic E-state index is 5.49. The Morgan fingerprint density at radius 3 is 2.73 bits per heavy atom. The number of hydrogen-bond acceptors (Lipinski definition) is 4. The number of aliphatic imine (C=N–C) groups is 1. The molecule has 7 nitrogen and oxygen atoms in total. The lowest BCUT2D eigenvalue weighted by Gasteiger charge is -2.21. The minimum Gasteiger partial charge on any atom is -0.497 e. The van der Waals surface area contributed by atoms with Crippen LogP contribution in [0.2, 0.25) is 0 Å². The predicted molar refractivity (Wildman–Crippen MR) is 112 cm³/mol. The van der Waals surface area contributed by atoms with E-state index in [2.05, 4.69) is 32.7 Å². The lowest BCUT2D eigenvalue weighted by molar-refractivity contribution is 0.394. The number of nitrogens with one attached hydrogen (secondary N) is 3. The van der Waals surface area contributed by atoms with Crippen LogP contribution in [0.15, 0.2) is 35.5 Å². The first-order valence-corrected chi connectivity index (χ1v) is 8.47. The van der Waals surface area contributed by atoms with Crippen LogP contribution < -0.4 is 20.1 Å². The smallest absolute Gasteiger partial charge is 0.192 e. The average molecular weight is 471 g/mol. The van der Waals surface area contributed by atoms with Crippen LogP contribution in [0.25, 0.3) is 0 Å². The van der Waals surface area contributed by atoms with Gasteiger partial charge in [-0.2, -0.15) is 5.10 Å². The fourth-order valence-corrected chi connectivity index (χ4v) is 2.55. The average Bonchev–Trinajstić information content (AvgIpc) is 3.30. The zero-order valence-electron chi connectivity index (χ0n) is 15.3. The van der Waals surface area contributed by atoms with Gasteiger partial charge in [-0.05, 0) is 44.0 Å². The van der Waals surface area contributed by atoms with Gasteiger partial charge < -0.3 is 20.1 Å². The van der Waals surface area contributed by atoms with E-state index < -0.39 is 0 Å². The van der Waals surface area contributed by atoms with E-state index in [0.29, 0.717) is 12.6 Å². The van der Waals surface area contributed by atoms with Crippen LogP contribution in [0.5, 0.6) is 11.5 Å². The maximum Gasteiger partial charge on any atom is 0.192 e. The number of rotatable bonds is 7. The highest BCUT2D eigenvalue weighted by Crippen LogP contribution is 2.29. The van der Waals surface area contributed by atoms with Gasteiger partial charge in [0.25, 0.3) is 0 Å². The number of benzene rings is 1. The second-order valence-corrected chi connectivity index (χ2v) is 6.14. The first-order chi connectivity index (χ1) is 12.2. The predicted octanol–water partition coefficient (Wildman–Crippen LogP) is 3.00. The third-order valence-corrected chi connectivity index (χ3v) is 4.14. The molecule has 0 amide bonds. The van der Waals surface area contributed by atoms with E-state index in [1.54, 1.807) is 20.4 Å². The summed E-state index contributed by atoms with van der Waals surface area (Å²) in [6.45, 7) is 2.63. The quantitative estimate of drug-likeness (QED) is 0.329. The SMILES string of the molecule is COc1ccc(OC)c(C(C)NC(=NCc2ccn[nH]2)NC2CC2)c1.I. The van der Waals surface area contributed by atoms with Gasteiger partial charge in [-0.15, -0.1) is 24.0 Å². The van der Waals surface area contributed by atoms with Crippen molar-refractivity contribution in [1.29, 1.82) is 0 Å². The zero-order valence-corrected chi connectivity index (χ0v) is 17.6. The number of H-pyrrole nitrogens is 1. The Labute approximate surface area is 171 Å². The van der Waals surface area contributed by atoms with Crippen molar-refractivity contribution in [3.05, 3.63) is 41.7 Å². The lowest BCUT2D eigenvalue weighted by Crippen LogP contribution is -2.40. The number of hydrogen-bond donors (Lipinski definition) is 3. The molecule has 142 valence electrons. The largest absolute Gasteiger partial charge is 0.497 e. The third-order valence-electron chi connectivity index (χ3n) is 4.14. The standard InChI is InChI=1S/C18H25N5O2.HI/c1-12(16-10-15(24-2)6-7-17(16)25-3)21-18(22-13-4-5-13)19-11-14-8-9-20-23-14;/h6-10,12-13H,4-5,11H2,1-3H3,(H,20,23)(H2,19,21,22);1H. The van der Waals surface area contributed by atoms with Crippen LogP contribution in [0.1, 0.15) is 37.1 Å². The Morgan fingerprint density at radius 2 is 2.12 bits per heavy atom. The van der Waals surface area contributed by atoms with Crippen LogP contribution in [-0.2, 0) is 6.54 Å². The Bertz CT molecular complexity index is 716. The van der Waals surface area contributed by atoms with E-state index in [9.17, 15) is 0 Å². The Balaban J connectivity index is 0.00000243. The van der Waals surface area contributed by atoms with Crippen molar-refractivity contribution < 1.29 is 9.47 Å². The molecule has 0 spiro atoms. The van der Waals surface area contributed by atoms with Gasteiger partial charge in [-0.25, -0.2) is 4.99 Å². The molecule has 3 N–H and O–H groups in total. The van der Waals surface area contributed by atoms with Crippen molar-refractivity contribution in [2.24, 2.45) is 4.99 Å². The minimum atomic E-state index is 0. The van der Waals surface area contributed by atoms with E-state index in [0.717, 1.165) is 28.7 Å². The highest BCUT2D eigenvalue weighted by Gasteiger charge is 2.23. The highest BCUT2D eigenvalue weighted by atomic mass is 127. The number of methoxy groups -OCH3 is 2. The molecule has 1 unspecified atom stereocenters. The van der Waals surface area contributed by atoms with Crippen LogP contribution in [0.4, 0.5) is 0 Å². The highest BCUT2D eigenvalue weighted by molar-refractivity contribution is 14.0. The molecule has 0 aliphatic heterocycles. The molecule has 2 aromatic rings. The van der Waals surface area contributed by atoms with E-state index in [4.69, 9.17) is 9.47 Å². The molecule has 1 aromatic heterocycles. The van der Waals surface area contributed by atoms with Gasteiger partial charge in [0.1, 0.15) is 11.5 Å². The van der Waals surface area contributed by atoms with E-state index in [-0.39, 0.29) is 30.0 Å². The fourth-order valence-electron chi connectivity index (χ4n) is 2.55. The molecular weight excluding hydrogens is 445 g/mol. The monoisotopic (exact) mass is 471 g/mol. The molecular formula is C18H26IN5O2. The summed E-state index contributed by atoms with van der Waals surface area (Å²) in [5.74, 6) is 2.41. The summed E-state index contributed by atoms with van der Waals surface area (Å²) in [6, 6.07) is 8.24. The van der Waals surface area contributed by atoms with Gasteiger partial charge in [0.15, 0.2) is 5.96 Å².